The minimum atomic E-state index is -0.358. The third-order valence-corrected chi connectivity index (χ3v) is 4.46. The first-order valence-electron chi connectivity index (χ1n) is 7.69. The summed E-state index contributed by atoms with van der Waals surface area (Å²) in [7, 11) is 0. The molecular weight excluding hydrogens is 252 g/mol. The van der Waals surface area contributed by atoms with E-state index in [1.807, 2.05) is 6.92 Å². The summed E-state index contributed by atoms with van der Waals surface area (Å²) in [5.74, 6) is 6.09. The fourth-order valence-electron chi connectivity index (χ4n) is 3.33. The minimum absolute atomic E-state index is 0.0134. The number of rotatable bonds is 3. The molecule has 0 radical (unpaired) electrons. The Morgan fingerprint density at radius 3 is 2.55 bits per heavy atom. The van der Waals surface area contributed by atoms with E-state index in [0.29, 0.717) is 18.9 Å². The number of carbonyl (C=O) groups excluding carboxylic acids is 2. The molecule has 1 aliphatic carbocycles. The van der Waals surface area contributed by atoms with Gasteiger partial charge in [-0.05, 0) is 32.1 Å². The highest BCUT2D eigenvalue weighted by molar-refractivity contribution is 5.97. The Labute approximate surface area is 121 Å². The molecule has 2 fully saturated rings. The molecule has 20 heavy (non-hydrogen) atoms. The van der Waals surface area contributed by atoms with Crippen LogP contribution in [0.25, 0.3) is 0 Å². The van der Waals surface area contributed by atoms with Crippen LogP contribution in [0.1, 0.15) is 52.4 Å². The van der Waals surface area contributed by atoms with Crippen molar-refractivity contribution in [2.75, 3.05) is 6.54 Å². The molecule has 1 saturated heterocycles. The Hall–Kier alpha value is -1.50. The van der Waals surface area contributed by atoms with Crippen LogP contribution in [-0.4, -0.2) is 35.3 Å². The average Bonchev–Trinajstić information content (AvgIpc) is 2.48. The highest BCUT2D eigenvalue weighted by atomic mass is 16.2. The maximum absolute atomic E-state index is 12.7. The smallest absolute Gasteiger partial charge is 0.246 e. The monoisotopic (exact) mass is 276 g/mol. The minimum Gasteiger partial charge on any atom is -0.342 e. The van der Waals surface area contributed by atoms with E-state index in [1.165, 1.54) is 6.42 Å². The second-order valence-corrected chi connectivity index (χ2v) is 5.70. The summed E-state index contributed by atoms with van der Waals surface area (Å²) in [5.41, 5.74) is 0. The van der Waals surface area contributed by atoms with Gasteiger partial charge in [-0.25, -0.2) is 0 Å². The number of nitrogens with zero attached hydrogens (tertiary/aromatic N) is 1. The van der Waals surface area contributed by atoms with E-state index in [4.69, 9.17) is 0 Å². The van der Waals surface area contributed by atoms with Crippen LogP contribution in [0.2, 0.25) is 0 Å². The van der Waals surface area contributed by atoms with E-state index < -0.39 is 0 Å². The Balaban J connectivity index is 2.16. The van der Waals surface area contributed by atoms with Gasteiger partial charge in [0.15, 0.2) is 0 Å². The molecule has 4 heteroatoms. The number of nitrogens with one attached hydrogen (secondary N) is 1. The Morgan fingerprint density at radius 1 is 1.25 bits per heavy atom. The molecule has 2 atom stereocenters. The first-order chi connectivity index (χ1) is 9.69. The van der Waals surface area contributed by atoms with Crippen LogP contribution in [0.5, 0.6) is 0 Å². The van der Waals surface area contributed by atoms with E-state index in [2.05, 4.69) is 17.2 Å². The van der Waals surface area contributed by atoms with E-state index in [-0.39, 0.29) is 23.9 Å². The predicted octanol–water partition coefficient (Wildman–Crippen LogP) is 1.70. The fourth-order valence-corrected chi connectivity index (χ4v) is 3.33. The summed E-state index contributed by atoms with van der Waals surface area (Å²) >= 11 is 0. The van der Waals surface area contributed by atoms with Crippen LogP contribution in [0.15, 0.2) is 0 Å². The molecule has 0 spiro atoms. The number of piperazine rings is 1. The van der Waals surface area contributed by atoms with Crippen LogP contribution >= 0.6 is 0 Å². The lowest BCUT2D eigenvalue weighted by atomic mass is 9.82. The van der Waals surface area contributed by atoms with Gasteiger partial charge in [-0.1, -0.05) is 32.1 Å². The predicted molar refractivity (Wildman–Crippen MR) is 77.7 cm³/mol. The van der Waals surface area contributed by atoms with Gasteiger partial charge in [0.1, 0.15) is 12.1 Å². The lowest BCUT2D eigenvalue weighted by Gasteiger charge is -2.41. The SMILES string of the molecule is CC#CCN1C(=O)C(C2CCCCC2)NC(=O)C1CC. The first kappa shape index (κ1) is 14.9. The standard InChI is InChI=1S/C16H24N2O2/c1-3-5-11-18-13(4-2)15(19)17-14(16(18)20)12-9-7-6-8-10-12/h12-14H,4,6-11H2,1-2H3,(H,17,19). The van der Waals surface area contributed by atoms with Gasteiger partial charge < -0.3 is 10.2 Å². The largest absolute Gasteiger partial charge is 0.342 e. The summed E-state index contributed by atoms with van der Waals surface area (Å²) < 4.78 is 0. The fraction of sp³-hybridized carbons (Fsp3) is 0.750. The zero-order valence-electron chi connectivity index (χ0n) is 12.4. The molecule has 1 N–H and O–H groups in total. The highest BCUT2D eigenvalue weighted by Crippen LogP contribution is 2.29. The van der Waals surface area contributed by atoms with Gasteiger partial charge in [-0.2, -0.15) is 0 Å². The van der Waals surface area contributed by atoms with Crippen molar-refractivity contribution in [3.8, 4) is 11.8 Å². The van der Waals surface area contributed by atoms with Gasteiger partial charge in [0.25, 0.3) is 0 Å². The van der Waals surface area contributed by atoms with E-state index >= 15 is 0 Å². The summed E-state index contributed by atoms with van der Waals surface area (Å²) in [6, 6.07) is -0.688. The summed E-state index contributed by atoms with van der Waals surface area (Å²) in [6.07, 6.45) is 6.29. The average molecular weight is 276 g/mol. The Bertz CT molecular complexity index is 429. The van der Waals surface area contributed by atoms with Crippen molar-refractivity contribution in [3.63, 3.8) is 0 Å². The third kappa shape index (κ3) is 2.98. The van der Waals surface area contributed by atoms with Crippen LogP contribution in [0.4, 0.5) is 0 Å². The molecule has 2 unspecified atom stereocenters. The number of hydrogen-bond donors (Lipinski definition) is 1. The van der Waals surface area contributed by atoms with Crippen LogP contribution in [-0.2, 0) is 9.59 Å². The molecule has 4 nitrogen and oxygen atoms in total. The van der Waals surface area contributed by atoms with Crippen molar-refractivity contribution in [3.05, 3.63) is 0 Å². The van der Waals surface area contributed by atoms with Crippen molar-refractivity contribution in [1.29, 1.82) is 0 Å². The number of amides is 2. The van der Waals surface area contributed by atoms with Gasteiger partial charge >= 0.3 is 0 Å². The van der Waals surface area contributed by atoms with Crippen LogP contribution < -0.4 is 5.32 Å². The number of carbonyl (C=O) groups is 2. The highest BCUT2D eigenvalue weighted by Gasteiger charge is 2.42. The molecule has 0 aromatic heterocycles. The Morgan fingerprint density at radius 2 is 1.95 bits per heavy atom. The third-order valence-electron chi connectivity index (χ3n) is 4.46. The van der Waals surface area contributed by atoms with Crippen LogP contribution in [0.3, 0.4) is 0 Å². The summed E-state index contributed by atoms with van der Waals surface area (Å²) in [6.45, 7) is 4.06. The summed E-state index contributed by atoms with van der Waals surface area (Å²) in [5, 5.41) is 2.96. The molecule has 1 saturated carbocycles. The molecule has 0 bridgehead atoms. The van der Waals surface area contributed by atoms with Gasteiger partial charge in [-0.15, -0.1) is 5.92 Å². The van der Waals surface area contributed by atoms with Crippen molar-refractivity contribution >= 4 is 11.8 Å². The molecule has 2 aliphatic rings. The molecule has 2 amide bonds. The zero-order chi connectivity index (χ0) is 14.5. The number of hydrogen-bond acceptors (Lipinski definition) is 2. The maximum atomic E-state index is 12.7. The molecule has 110 valence electrons. The second kappa shape index (κ2) is 6.78. The van der Waals surface area contributed by atoms with Crippen molar-refractivity contribution < 1.29 is 9.59 Å². The van der Waals surface area contributed by atoms with Crippen LogP contribution in [0, 0.1) is 17.8 Å². The maximum Gasteiger partial charge on any atom is 0.246 e. The van der Waals surface area contributed by atoms with Gasteiger partial charge in [0.05, 0.1) is 6.54 Å². The van der Waals surface area contributed by atoms with Gasteiger partial charge in [0.2, 0.25) is 11.8 Å². The second-order valence-electron chi connectivity index (χ2n) is 5.70. The van der Waals surface area contributed by atoms with Gasteiger partial charge in [0, 0.05) is 0 Å². The van der Waals surface area contributed by atoms with E-state index in [1.54, 1.807) is 11.8 Å². The topological polar surface area (TPSA) is 49.4 Å². The quantitative estimate of drug-likeness (QED) is 0.798. The molecular formula is C16H24N2O2. The van der Waals surface area contributed by atoms with Crippen molar-refractivity contribution in [2.24, 2.45) is 5.92 Å². The van der Waals surface area contributed by atoms with E-state index in [9.17, 15) is 9.59 Å². The molecule has 2 rings (SSSR count). The van der Waals surface area contributed by atoms with Crippen molar-refractivity contribution in [1.82, 2.24) is 10.2 Å². The molecule has 1 heterocycles. The van der Waals surface area contributed by atoms with E-state index in [0.717, 1.165) is 25.7 Å². The van der Waals surface area contributed by atoms with Crippen molar-refractivity contribution in [2.45, 2.75) is 64.5 Å². The molecule has 0 aromatic rings. The Kier molecular flexibility index (Phi) is 5.05. The molecule has 1 aliphatic heterocycles. The normalized spacial score (nSPS) is 27.8. The first-order valence-corrected chi connectivity index (χ1v) is 7.69. The summed E-state index contributed by atoms with van der Waals surface area (Å²) in [4.78, 5) is 26.6. The zero-order valence-corrected chi connectivity index (χ0v) is 12.4. The van der Waals surface area contributed by atoms with Gasteiger partial charge in [-0.3, -0.25) is 9.59 Å². The molecule has 0 aromatic carbocycles. The lowest BCUT2D eigenvalue weighted by molar-refractivity contribution is -0.150. The lowest BCUT2D eigenvalue weighted by Crippen LogP contribution is -2.65.